The minimum Gasteiger partial charge on any atom is -0.295 e. The van der Waals surface area contributed by atoms with Crippen LogP contribution < -0.4 is 0 Å². The molecule has 0 spiro atoms. The molecule has 0 amide bonds. The third-order valence-corrected chi connectivity index (χ3v) is 3.10. The van der Waals surface area contributed by atoms with Crippen LogP contribution in [-0.4, -0.2) is 5.78 Å². The average Bonchev–Trinajstić information content (AvgIpc) is 2.29. The van der Waals surface area contributed by atoms with Crippen LogP contribution in [-0.2, 0) is 6.42 Å². The molecular weight excluding hydrogens is 196 g/mol. The highest BCUT2D eigenvalue weighted by atomic mass is 16.1. The molecule has 2 aromatic carbocycles. The van der Waals surface area contributed by atoms with Crippen molar-refractivity contribution < 1.29 is 4.79 Å². The van der Waals surface area contributed by atoms with Crippen LogP contribution in [0.2, 0.25) is 0 Å². The Balaban J connectivity index is 2.90. The lowest BCUT2D eigenvalue weighted by Gasteiger charge is -2.11. The zero-order valence-electron chi connectivity index (χ0n) is 10.0. The molecule has 0 aromatic heterocycles. The third kappa shape index (κ3) is 1.63. The number of hydrogen-bond acceptors (Lipinski definition) is 1. The van der Waals surface area contributed by atoms with Crippen LogP contribution in [0.25, 0.3) is 10.8 Å². The van der Waals surface area contributed by atoms with E-state index in [0.717, 1.165) is 12.0 Å². The molecule has 2 rings (SSSR count). The molecule has 0 N–H and O–H groups in total. The zero-order valence-corrected chi connectivity index (χ0v) is 10.0. The van der Waals surface area contributed by atoms with Crippen LogP contribution in [0.15, 0.2) is 30.3 Å². The lowest BCUT2D eigenvalue weighted by molar-refractivity contribution is 0.101. The molecule has 0 unspecified atom stereocenters. The van der Waals surface area contributed by atoms with E-state index >= 15 is 0 Å². The van der Waals surface area contributed by atoms with Crippen molar-refractivity contribution in [3.05, 3.63) is 47.0 Å². The van der Waals surface area contributed by atoms with Gasteiger partial charge in [0.15, 0.2) is 5.78 Å². The second-order valence-corrected chi connectivity index (χ2v) is 4.17. The third-order valence-electron chi connectivity index (χ3n) is 3.10. The first-order valence-corrected chi connectivity index (χ1v) is 5.67. The van der Waals surface area contributed by atoms with E-state index in [1.807, 2.05) is 18.2 Å². The van der Waals surface area contributed by atoms with E-state index in [1.54, 1.807) is 6.92 Å². The second kappa shape index (κ2) is 4.09. The molecule has 0 radical (unpaired) electrons. The molecule has 0 fully saturated rings. The molecule has 1 heteroatoms. The molecule has 0 aliphatic heterocycles. The molecule has 0 bridgehead atoms. The van der Waals surface area contributed by atoms with Crippen molar-refractivity contribution in [3.63, 3.8) is 0 Å². The molecule has 0 aliphatic carbocycles. The minimum absolute atomic E-state index is 0.158. The number of ketones is 1. The van der Waals surface area contributed by atoms with Crippen LogP contribution in [0.4, 0.5) is 0 Å². The molecule has 0 saturated carbocycles. The van der Waals surface area contributed by atoms with Crippen molar-refractivity contribution in [3.8, 4) is 0 Å². The summed E-state index contributed by atoms with van der Waals surface area (Å²) in [5.74, 6) is 0.158. The Morgan fingerprint density at radius 3 is 2.38 bits per heavy atom. The van der Waals surface area contributed by atoms with Gasteiger partial charge in [0.05, 0.1) is 0 Å². The largest absolute Gasteiger partial charge is 0.295 e. The summed E-state index contributed by atoms with van der Waals surface area (Å²) in [6.07, 6.45) is 0.899. The van der Waals surface area contributed by atoms with Gasteiger partial charge in [-0.15, -0.1) is 0 Å². The molecule has 0 saturated heterocycles. The van der Waals surface area contributed by atoms with E-state index < -0.39 is 0 Å². The predicted octanol–water partition coefficient (Wildman–Crippen LogP) is 3.91. The summed E-state index contributed by atoms with van der Waals surface area (Å²) in [5.41, 5.74) is 3.23. The van der Waals surface area contributed by atoms with Gasteiger partial charge in [0.25, 0.3) is 0 Å². The molecule has 0 aliphatic rings. The number of carbonyl (C=O) groups excluding carboxylic acids is 1. The summed E-state index contributed by atoms with van der Waals surface area (Å²) >= 11 is 0. The number of hydrogen-bond donors (Lipinski definition) is 0. The number of fused-ring (bicyclic) bond motifs is 1. The van der Waals surface area contributed by atoms with Crippen molar-refractivity contribution in [2.24, 2.45) is 0 Å². The van der Waals surface area contributed by atoms with Crippen molar-refractivity contribution >= 4 is 16.6 Å². The maximum Gasteiger partial charge on any atom is 0.160 e. The first-order valence-electron chi connectivity index (χ1n) is 5.67. The maximum absolute atomic E-state index is 11.6. The zero-order chi connectivity index (χ0) is 11.7. The van der Waals surface area contributed by atoms with E-state index in [9.17, 15) is 4.79 Å². The van der Waals surface area contributed by atoms with Gasteiger partial charge in [0.2, 0.25) is 0 Å². The van der Waals surface area contributed by atoms with Crippen LogP contribution in [0.5, 0.6) is 0 Å². The van der Waals surface area contributed by atoms with Crippen molar-refractivity contribution in [2.75, 3.05) is 0 Å². The van der Waals surface area contributed by atoms with Crippen molar-refractivity contribution in [1.29, 1.82) is 0 Å². The number of rotatable bonds is 2. The maximum atomic E-state index is 11.6. The SMILES string of the molecule is CCc1c(C(C)=O)cc(C)c2ccccc12. The lowest BCUT2D eigenvalue weighted by atomic mass is 9.92. The van der Waals surface area contributed by atoms with Crippen LogP contribution >= 0.6 is 0 Å². The van der Waals surface area contributed by atoms with Crippen LogP contribution in [0, 0.1) is 6.92 Å². The van der Waals surface area contributed by atoms with Gasteiger partial charge in [-0.05, 0) is 48.2 Å². The fourth-order valence-corrected chi connectivity index (χ4v) is 2.31. The molecule has 0 heterocycles. The van der Waals surface area contributed by atoms with Crippen molar-refractivity contribution in [1.82, 2.24) is 0 Å². The monoisotopic (exact) mass is 212 g/mol. The van der Waals surface area contributed by atoms with Crippen molar-refractivity contribution in [2.45, 2.75) is 27.2 Å². The Morgan fingerprint density at radius 1 is 1.19 bits per heavy atom. The van der Waals surface area contributed by atoms with E-state index in [4.69, 9.17) is 0 Å². The van der Waals surface area contributed by atoms with Gasteiger partial charge in [0.1, 0.15) is 0 Å². The number of carbonyl (C=O) groups is 1. The first kappa shape index (κ1) is 10.9. The van der Waals surface area contributed by atoms with Gasteiger partial charge in [-0.3, -0.25) is 4.79 Å². The summed E-state index contributed by atoms with van der Waals surface area (Å²) in [6, 6.07) is 10.3. The summed E-state index contributed by atoms with van der Waals surface area (Å²) in [7, 11) is 0. The molecule has 1 nitrogen and oxygen atoms in total. The number of benzene rings is 2. The van der Waals surface area contributed by atoms with Gasteiger partial charge in [-0.1, -0.05) is 31.2 Å². The van der Waals surface area contributed by atoms with E-state index in [1.165, 1.54) is 21.9 Å². The second-order valence-electron chi connectivity index (χ2n) is 4.17. The smallest absolute Gasteiger partial charge is 0.160 e. The Morgan fingerprint density at radius 2 is 1.81 bits per heavy atom. The standard InChI is InChI=1S/C15H16O/c1-4-12-14-8-6-5-7-13(14)10(2)9-15(12)11(3)16/h5-9H,4H2,1-3H3. The summed E-state index contributed by atoms with van der Waals surface area (Å²) in [4.78, 5) is 11.6. The Kier molecular flexibility index (Phi) is 2.78. The van der Waals surface area contributed by atoms with E-state index in [2.05, 4.69) is 26.0 Å². The summed E-state index contributed by atoms with van der Waals surface area (Å²) in [6.45, 7) is 5.81. The summed E-state index contributed by atoms with van der Waals surface area (Å²) < 4.78 is 0. The van der Waals surface area contributed by atoms with Gasteiger partial charge in [-0.2, -0.15) is 0 Å². The topological polar surface area (TPSA) is 17.1 Å². The normalized spacial score (nSPS) is 10.7. The molecule has 2 aromatic rings. The van der Waals surface area contributed by atoms with Gasteiger partial charge >= 0.3 is 0 Å². The predicted molar refractivity (Wildman–Crippen MR) is 68.1 cm³/mol. The highest BCUT2D eigenvalue weighted by Crippen LogP contribution is 2.26. The lowest BCUT2D eigenvalue weighted by Crippen LogP contribution is -2.01. The molecule has 82 valence electrons. The highest BCUT2D eigenvalue weighted by Gasteiger charge is 2.11. The minimum atomic E-state index is 0.158. The fourth-order valence-electron chi connectivity index (χ4n) is 2.31. The Hall–Kier alpha value is -1.63. The van der Waals surface area contributed by atoms with Gasteiger partial charge in [0, 0.05) is 5.56 Å². The number of aryl methyl sites for hydroxylation is 2. The molecule has 0 atom stereocenters. The van der Waals surface area contributed by atoms with Crippen LogP contribution in [0.3, 0.4) is 0 Å². The highest BCUT2D eigenvalue weighted by molar-refractivity contribution is 6.02. The molecule has 16 heavy (non-hydrogen) atoms. The molecular formula is C15H16O. The quantitative estimate of drug-likeness (QED) is 0.690. The van der Waals surface area contributed by atoms with E-state index in [0.29, 0.717) is 0 Å². The number of Topliss-reactive ketones (excluding diaryl/α,β-unsaturated/α-hetero) is 1. The first-order chi connectivity index (χ1) is 7.65. The Labute approximate surface area is 96.1 Å². The average molecular weight is 212 g/mol. The van der Waals surface area contributed by atoms with Gasteiger partial charge < -0.3 is 0 Å². The fraction of sp³-hybridized carbons (Fsp3) is 0.267. The van der Waals surface area contributed by atoms with Crippen LogP contribution in [0.1, 0.15) is 35.3 Å². The summed E-state index contributed by atoms with van der Waals surface area (Å²) in [5, 5.41) is 2.47. The van der Waals surface area contributed by atoms with E-state index in [-0.39, 0.29) is 5.78 Å². The Bertz CT molecular complexity index is 553. The van der Waals surface area contributed by atoms with Gasteiger partial charge in [-0.25, -0.2) is 0 Å².